The second-order valence-corrected chi connectivity index (χ2v) is 6.16. The van der Waals surface area contributed by atoms with Gasteiger partial charge in [-0.2, -0.15) is 0 Å². The maximum atomic E-state index is 4.00. The van der Waals surface area contributed by atoms with Crippen molar-refractivity contribution in [1.29, 1.82) is 0 Å². The van der Waals surface area contributed by atoms with Crippen molar-refractivity contribution in [3.8, 4) is 0 Å². The predicted molar refractivity (Wildman–Crippen MR) is 112 cm³/mol. The van der Waals surface area contributed by atoms with Gasteiger partial charge < -0.3 is 5.32 Å². The Bertz CT molecular complexity index is 788. The third-order valence-electron chi connectivity index (χ3n) is 3.96. The number of allylic oxidation sites excluding steroid dienone is 7. The molecule has 128 valence electrons. The van der Waals surface area contributed by atoms with Crippen LogP contribution in [0.4, 0.5) is 5.69 Å². The van der Waals surface area contributed by atoms with E-state index in [1.54, 1.807) is 0 Å². The van der Waals surface area contributed by atoms with Gasteiger partial charge in [0, 0.05) is 17.8 Å². The van der Waals surface area contributed by atoms with Gasteiger partial charge in [-0.15, -0.1) is 0 Å². The molecule has 0 aromatic heterocycles. The molecule has 0 atom stereocenters. The molecule has 2 aromatic carbocycles. The maximum Gasteiger partial charge on any atom is 0.0422 e. The van der Waals surface area contributed by atoms with Crippen LogP contribution >= 0.6 is 0 Å². The number of benzene rings is 2. The van der Waals surface area contributed by atoms with Gasteiger partial charge in [0.2, 0.25) is 0 Å². The SMILES string of the molecule is C=CC(=C\C=C(C)C)/C(=C\C)c1ccccc1NCc1ccccc1. The van der Waals surface area contributed by atoms with Gasteiger partial charge in [-0.1, -0.05) is 85.0 Å². The molecule has 0 heterocycles. The van der Waals surface area contributed by atoms with Crippen molar-refractivity contribution in [2.45, 2.75) is 27.3 Å². The van der Waals surface area contributed by atoms with Gasteiger partial charge in [-0.25, -0.2) is 0 Å². The first-order valence-electron chi connectivity index (χ1n) is 8.67. The van der Waals surface area contributed by atoms with Crippen molar-refractivity contribution in [2.75, 3.05) is 5.32 Å². The second-order valence-electron chi connectivity index (χ2n) is 6.16. The Hall–Kier alpha value is -2.80. The van der Waals surface area contributed by atoms with Crippen molar-refractivity contribution in [2.24, 2.45) is 0 Å². The molecule has 0 aliphatic carbocycles. The zero-order valence-corrected chi connectivity index (χ0v) is 15.4. The highest BCUT2D eigenvalue weighted by Gasteiger charge is 2.09. The Morgan fingerprint density at radius 2 is 1.64 bits per heavy atom. The van der Waals surface area contributed by atoms with Crippen LogP contribution in [0.2, 0.25) is 0 Å². The maximum absolute atomic E-state index is 4.00. The molecule has 0 amide bonds. The van der Waals surface area contributed by atoms with E-state index in [4.69, 9.17) is 0 Å². The summed E-state index contributed by atoms with van der Waals surface area (Å²) in [5.74, 6) is 0. The minimum absolute atomic E-state index is 0.802. The van der Waals surface area contributed by atoms with Crippen molar-refractivity contribution in [3.63, 3.8) is 0 Å². The monoisotopic (exact) mass is 329 g/mol. The number of anilines is 1. The molecule has 1 nitrogen and oxygen atoms in total. The summed E-state index contributed by atoms with van der Waals surface area (Å²) in [6.45, 7) is 11.1. The van der Waals surface area contributed by atoms with Crippen LogP contribution in [0.25, 0.3) is 5.57 Å². The third-order valence-corrected chi connectivity index (χ3v) is 3.96. The number of hydrogen-bond acceptors (Lipinski definition) is 1. The van der Waals surface area contributed by atoms with E-state index in [-0.39, 0.29) is 0 Å². The van der Waals surface area contributed by atoms with E-state index in [2.05, 4.69) is 99.4 Å². The number of para-hydroxylation sites is 1. The third kappa shape index (κ3) is 5.36. The Kier molecular flexibility index (Phi) is 7.03. The first-order chi connectivity index (χ1) is 12.2. The van der Waals surface area contributed by atoms with E-state index in [0.717, 1.165) is 17.8 Å². The Morgan fingerprint density at radius 3 is 2.28 bits per heavy atom. The van der Waals surface area contributed by atoms with Gasteiger partial charge in [0.15, 0.2) is 0 Å². The molecule has 0 radical (unpaired) electrons. The first kappa shape index (κ1) is 18.5. The molecule has 25 heavy (non-hydrogen) atoms. The fraction of sp³-hybridized carbons (Fsp3) is 0.167. The Balaban J connectivity index is 2.32. The summed E-state index contributed by atoms with van der Waals surface area (Å²) in [5, 5.41) is 3.57. The van der Waals surface area contributed by atoms with Gasteiger partial charge in [0.1, 0.15) is 0 Å². The lowest BCUT2D eigenvalue weighted by Gasteiger charge is -2.16. The van der Waals surface area contributed by atoms with Crippen molar-refractivity contribution >= 4 is 11.3 Å². The van der Waals surface area contributed by atoms with Crippen LogP contribution in [-0.4, -0.2) is 0 Å². The van der Waals surface area contributed by atoms with Crippen LogP contribution in [0.5, 0.6) is 0 Å². The predicted octanol–water partition coefficient (Wildman–Crippen LogP) is 6.78. The van der Waals surface area contributed by atoms with Gasteiger partial charge in [0.05, 0.1) is 0 Å². The van der Waals surface area contributed by atoms with Gasteiger partial charge in [0.25, 0.3) is 0 Å². The highest BCUT2D eigenvalue weighted by atomic mass is 14.9. The van der Waals surface area contributed by atoms with E-state index >= 15 is 0 Å². The molecule has 0 saturated heterocycles. The molecule has 0 aliphatic heterocycles. The van der Waals surface area contributed by atoms with Crippen LogP contribution in [0.1, 0.15) is 31.9 Å². The van der Waals surface area contributed by atoms with E-state index in [1.165, 1.54) is 22.3 Å². The van der Waals surface area contributed by atoms with Crippen molar-refractivity contribution in [1.82, 2.24) is 0 Å². The molecule has 0 aliphatic rings. The molecule has 0 fully saturated rings. The smallest absolute Gasteiger partial charge is 0.0422 e. The van der Waals surface area contributed by atoms with Crippen LogP contribution in [-0.2, 0) is 6.54 Å². The molecular weight excluding hydrogens is 302 g/mol. The van der Waals surface area contributed by atoms with Crippen LogP contribution in [0.3, 0.4) is 0 Å². The van der Waals surface area contributed by atoms with Crippen LogP contribution in [0.15, 0.2) is 96.6 Å². The lowest BCUT2D eigenvalue weighted by atomic mass is 9.95. The summed E-state index contributed by atoms with van der Waals surface area (Å²) < 4.78 is 0. The fourth-order valence-electron chi connectivity index (χ4n) is 2.67. The quantitative estimate of drug-likeness (QED) is 0.552. The summed E-state index contributed by atoms with van der Waals surface area (Å²) in [4.78, 5) is 0. The molecule has 0 bridgehead atoms. The summed E-state index contributed by atoms with van der Waals surface area (Å²) in [6, 6.07) is 18.9. The number of nitrogens with one attached hydrogen (secondary N) is 1. The minimum atomic E-state index is 0.802. The largest absolute Gasteiger partial charge is 0.380 e. The lowest BCUT2D eigenvalue weighted by Crippen LogP contribution is -2.02. The van der Waals surface area contributed by atoms with Crippen LogP contribution in [0, 0.1) is 0 Å². The van der Waals surface area contributed by atoms with Gasteiger partial charge in [-0.05, 0) is 43.5 Å². The normalized spacial score (nSPS) is 11.8. The van der Waals surface area contributed by atoms with Gasteiger partial charge >= 0.3 is 0 Å². The molecule has 1 N–H and O–H groups in total. The molecule has 0 saturated carbocycles. The lowest BCUT2D eigenvalue weighted by molar-refractivity contribution is 1.15. The zero-order valence-electron chi connectivity index (χ0n) is 15.4. The Labute approximate surface area is 152 Å². The topological polar surface area (TPSA) is 12.0 Å². The first-order valence-corrected chi connectivity index (χ1v) is 8.67. The van der Waals surface area contributed by atoms with E-state index in [1.807, 2.05) is 12.1 Å². The standard InChI is InChI=1S/C24H27N/c1-5-21(17-16-19(3)4)22(6-2)23-14-10-11-15-24(23)25-18-20-12-8-7-9-13-20/h5-17,25H,1,18H2,2-4H3/b21-17+,22-6+. The van der Waals surface area contributed by atoms with Gasteiger partial charge in [-0.3, -0.25) is 0 Å². The zero-order chi connectivity index (χ0) is 18.1. The summed E-state index contributed by atoms with van der Waals surface area (Å²) >= 11 is 0. The fourth-order valence-corrected chi connectivity index (χ4v) is 2.67. The summed E-state index contributed by atoms with van der Waals surface area (Å²) in [7, 11) is 0. The van der Waals surface area contributed by atoms with E-state index in [0.29, 0.717) is 0 Å². The van der Waals surface area contributed by atoms with Crippen LogP contribution < -0.4 is 5.32 Å². The van der Waals surface area contributed by atoms with Crippen molar-refractivity contribution in [3.05, 3.63) is 108 Å². The number of hydrogen-bond donors (Lipinski definition) is 1. The molecule has 2 rings (SSSR count). The minimum Gasteiger partial charge on any atom is -0.380 e. The average molecular weight is 329 g/mol. The molecular formula is C24H27N. The molecule has 2 aromatic rings. The summed E-state index contributed by atoms with van der Waals surface area (Å²) in [6.07, 6.45) is 8.32. The van der Waals surface area contributed by atoms with E-state index < -0.39 is 0 Å². The Morgan fingerprint density at radius 1 is 0.960 bits per heavy atom. The summed E-state index contributed by atoms with van der Waals surface area (Å²) in [5.41, 5.74) is 7.16. The van der Waals surface area contributed by atoms with E-state index in [9.17, 15) is 0 Å². The molecule has 0 spiro atoms. The number of rotatable bonds is 7. The molecule has 1 heteroatoms. The average Bonchev–Trinajstić information content (AvgIpc) is 2.64. The highest BCUT2D eigenvalue weighted by Crippen LogP contribution is 2.30. The highest BCUT2D eigenvalue weighted by molar-refractivity contribution is 5.87. The molecule has 0 unspecified atom stereocenters. The second kappa shape index (κ2) is 9.48. The van der Waals surface area contributed by atoms with Crippen molar-refractivity contribution < 1.29 is 0 Å².